The van der Waals surface area contributed by atoms with E-state index in [2.05, 4.69) is 10.6 Å². The van der Waals surface area contributed by atoms with Gasteiger partial charge in [0.25, 0.3) is 11.8 Å². The Bertz CT molecular complexity index is 1000. The third-order valence-corrected chi connectivity index (χ3v) is 4.77. The summed E-state index contributed by atoms with van der Waals surface area (Å²) in [7, 11) is 0. The predicted molar refractivity (Wildman–Crippen MR) is 110 cm³/mol. The molecule has 5 nitrogen and oxygen atoms in total. The zero-order chi connectivity index (χ0) is 20.1. The van der Waals surface area contributed by atoms with Crippen LogP contribution < -0.4 is 10.6 Å². The SMILES string of the molecule is Cc1ccc(C(=O)NCCc2ccc(Cl)cc2Cl)cc1NC(=O)c1ccco1. The summed E-state index contributed by atoms with van der Waals surface area (Å²) in [4.78, 5) is 24.6. The molecular weight excluding hydrogens is 399 g/mol. The smallest absolute Gasteiger partial charge is 0.291 e. The van der Waals surface area contributed by atoms with Gasteiger partial charge in [-0.1, -0.05) is 35.3 Å². The molecule has 28 heavy (non-hydrogen) atoms. The molecule has 0 aliphatic carbocycles. The van der Waals surface area contributed by atoms with Gasteiger partial charge in [0, 0.05) is 27.8 Å². The number of nitrogens with one attached hydrogen (secondary N) is 2. The fraction of sp³-hybridized carbons (Fsp3) is 0.143. The van der Waals surface area contributed by atoms with Crippen LogP contribution in [0.3, 0.4) is 0 Å². The Balaban J connectivity index is 1.62. The highest BCUT2D eigenvalue weighted by molar-refractivity contribution is 6.35. The monoisotopic (exact) mass is 416 g/mol. The van der Waals surface area contributed by atoms with Gasteiger partial charge < -0.3 is 15.1 Å². The zero-order valence-corrected chi connectivity index (χ0v) is 16.6. The van der Waals surface area contributed by atoms with Crippen LogP contribution in [0.2, 0.25) is 10.0 Å². The van der Waals surface area contributed by atoms with E-state index in [1.165, 1.54) is 6.26 Å². The number of carbonyl (C=O) groups is 2. The molecule has 0 bridgehead atoms. The zero-order valence-electron chi connectivity index (χ0n) is 15.1. The average molecular weight is 417 g/mol. The molecule has 0 saturated carbocycles. The molecule has 144 valence electrons. The molecule has 2 amide bonds. The lowest BCUT2D eigenvalue weighted by Gasteiger charge is -2.11. The third-order valence-electron chi connectivity index (χ3n) is 4.19. The van der Waals surface area contributed by atoms with Crippen molar-refractivity contribution in [3.63, 3.8) is 0 Å². The van der Waals surface area contributed by atoms with E-state index < -0.39 is 0 Å². The molecule has 0 unspecified atom stereocenters. The van der Waals surface area contributed by atoms with Gasteiger partial charge in [0.05, 0.1) is 6.26 Å². The first-order valence-electron chi connectivity index (χ1n) is 8.61. The van der Waals surface area contributed by atoms with Gasteiger partial charge in [0.1, 0.15) is 0 Å². The van der Waals surface area contributed by atoms with Gasteiger partial charge >= 0.3 is 0 Å². The number of anilines is 1. The van der Waals surface area contributed by atoms with E-state index in [1.807, 2.05) is 13.0 Å². The van der Waals surface area contributed by atoms with Crippen molar-refractivity contribution in [3.8, 4) is 0 Å². The lowest BCUT2D eigenvalue weighted by Crippen LogP contribution is -2.26. The van der Waals surface area contributed by atoms with Crippen molar-refractivity contribution in [1.29, 1.82) is 0 Å². The van der Waals surface area contributed by atoms with Gasteiger partial charge in [-0.05, 0) is 60.9 Å². The highest BCUT2D eigenvalue weighted by Gasteiger charge is 2.13. The first-order valence-corrected chi connectivity index (χ1v) is 9.37. The number of amides is 2. The van der Waals surface area contributed by atoms with Crippen LogP contribution in [0.15, 0.2) is 59.2 Å². The number of furan rings is 1. The number of benzene rings is 2. The molecule has 0 aliphatic rings. The van der Waals surface area contributed by atoms with Gasteiger partial charge in [-0.15, -0.1) is 0 Å². The fourth-order valence-electron chi connectivity index (χ4n) is 2.63. The van der Waals surface area contributed by atoms with Gasteiger partial charge in [-0.25, -0.2) is 0 Å². The summed E-state index contributed by atoms with van der Waals surface area (Å²) in [6.45, 7) is 2.27. The maximum absolute atomic E-state index is 12.5. The summed E-state index contributed by atoms with van der Waals surface area (Å²) in [6, 6.07) is 13.6. The summed E-state index contributed by atoms with van der Waals surface area (Å²) >= 11 is 12.0. The lowest BCUT2D eigenvalue weighted by atomic mass is 10.1. The van der Waals surface area contributed by atoms with Crippen LogP contribution in [-0.2, 0) is 6.42 Å². The minimum absolute atomic E-state index is 0.203. The normalized spacial score (nSPS) is 10.5. The Hall–Kier alpha value is -2.76. The van der Waals surface area contributed by atoms with Crippen LogP contribution in [0.5, 0.6) is 0 Å². The Labute approximate surface area is 172 Å². The van der Waals surface area contributed by atoms with Gasteiger partial charge in [0.15, 0.2) is 5.76 Å². The number of rotatable bonds is 6. The van der Waals surface area contributed by atoms with Crippen molar-refractivity contribution >= 4 is 40.7 Å². The van der Waals surface area contributed by atoms with E-state index in [0.717, 1.165) is 11.1 Å². The molecule has 3 aromatic rings. The second kappa shape index (κ2) is 8.95. The Morgan fingerprint density at radius 1 is 1.04 bits per heavy atom. The second-order valence-corrected chi connectivity index (χ2v) is 7.05. The molecule has 0 saturated heterocycles. The number of halogens is 2. The number of carbonyl (C=O) groups excluding carboxylic acids is 2. The molecular formula is C21H18Cl2N2O3. The molecule has 2 aromatic carbocycles. The largest absolute Gasteiger partial charge is 0.459 e. The quantitative estimate of drug-likeness (QED) is 0.585. The van der Waals surface area contributed by atoms with E-state index in [4.69, 9.17) is 27.6 Å². The van der Waals surface area contributed by atoms with Crippen molar-refractivity contribution in [1.82, 2.24) is 5.32 Å². The Kier molecular flexibility index (Phi) is 6.39. The second-order valence-electron chi connectivity index (χ2n) is 6.20. The van der Waals surface area contributed by atoms with Crippen LogP contribution in [-0.4, -0.2) is 18.4 Å². The fourth-order valence-corrected chi connectivity index (χ4v) is 3.13. The van der Waals surface area contributed by atoms with Crippen molar-refractivity contribution in [2.75, 3.05) is 11.9 Å². The molecule has 0 aliphatic heterocycles. The summed E-state index contributed by atoms with van der Waals surface area (Å²) < 4.78 is 5.09. The van der Waals surface area contributed by atoms with E-state index in [-0.39, 0.29) is 17.6 Å². The van der Waals surface area contributed by atoms with Crippen LogP contribution in [0.25, 0.3) is 0 Å². The van der Waals surface area contributed by atoms with Gasteiger partial charge in [0.2, 0.25) is 0 Å². The lowest BCUT2D eigenvalue weighted by molar-refractivity contribution is 0.0952. The van der Waals surface area contributed by atoms with Crippen molar-refractivity contribution in [2.24, 2.45) is 0 Å². The number of hydrogen-bond donors (Lipinski definition) is 2. The molecule has 7 heteroatoms. The van der Waals surface area contributed by atoms with Gasteiger partial charge in [-0.3, -0.25) is 9.59 Å². The number of hydrogen-bond acceptors (Lipinski definition) is 3. The maximum atomic E-state index is 12.5. The molecule has 0 radical (unpaired) electrons. The minimum atomic E-state index is -0.372. The molecule has 1 heterocycles. The topological polar surface area (TPSA) is 71.3 Å². The summed E-state index contributed by atoms with van der Waals surface area (Å²) in [5.41, 5.74) is 2.74. The van der Waals surface area contributed by atoms with E-state index >= 15 is 0 Å². The van der Waals surface area contributed by atoms with Crippen LogP contribution in [0.1, 0.15) is 32.0 Å². The standard InChI is InChI=1S/C21H18Cl2N2O3/c1-13-4-5-15(11-18(13)25-21(27)19-3-2-10-28-19)20(26)24-9-8-14-6-7-16(22)12-17(14)23/h2-7,10-12H,8-9H2,1H3,(H,24,26)(H,25,27). The highest BCUT2D eigenvalue weighted by Crippen LogP contribution is 2.21. The van der Waals surface area contributed by atoms with Crippen molar-refractivity contribution in [2.45, 2.75) is 13.3 Å². The van der Waals surface area contributed by atoms with E-state index in [9.17, 15) is 9.59 Å². The summed E-state index contributed by atoms with van der Waals surface area (Å²) in [5.74, 6) is -0.407. The summed E-state index contributed by atoms with van der Waals surface area (Å²) in [5, 5.41) is 6.76. The van der Waals surface area contributed by atoms with Crippen LogP contribution in [0, 0.1) is 6.92 Å². The molecule has 0 spiro atoms. The van der Waals surface area contributed by atoms with Crippen molar-refractivity contribution < 1.29 is 14.0 Å². The molecule has 0 fully saturated rings. The van der Waals surface area contributed by atoms with E-state index in [0.29, 0.717) is 34.3 Å². The molecule has 1 aromatic heterocycles. The van der Waals surface area contributed by atoms with E-state index in [1.54, 1.807) is 42.5 Å². The first-order chi connectivity index (χ1) is 13.4. The van der Waals surface area contributed by atoms with Crippen LogP contribution in [0.4, 0.5) is 5.69 Å². The summed E-state index contributed by atoms with van der Waals surface area (Å²) in [6.07, 6.45) is 2.01. The van der Waals surface area contributed by atoms with Crippen molar-refractivity contribution in [3.05, 3.63) is 87.3 Å². The van der Waals surface area contributed by atoms with Gasteiger partial charge in [-0.2, -0.15) is 0 Å². The molecule has 2 N–H and O–H groups in total. The third kappa shape index (κ3) is 4.94. The first kappa shape index (κ1) is 20.0. The van der Waals surface area contributed by atoms with Crippen LogP contribution >= 0.6 is 23.2 Å². The predicted octanol–water partition coefficient (Wildman–Crippen LogP) is 5.12. The average Bonchev–Trinajstić information content (AvgIpc) is 3.20. The Morgan fingerprint density at radius 3 is 2.57 bits per heavy atom. The molecule has 3 rings (SSSR count). The highest BCUT2D eigenvalue weighted by atomic mass is 35.5. The number of aryl methyl sites for hydroxylation is 1. The minimum Gasteiger partial charge on any atom is -0.459 e. The Morgan fingerprint density at radius 2 is 1.86 bits per heavy atom. The molecule has 0 atom stereocenters. The maximum Gasteiger partial charge on any atom is 0.291 e.